The molecule has 4 nitrogen and oxygen atoms in total. The number of carbonyl (C=O) groups is 1. The van der Waals surface area contributed by atoms with Crippen LogP contribution in [0.3, 0.4) is 0 Å². The first-order valence-electron chi connectivity index (χ1n) is 7.70. The number of aryl methyl sites for hydroxylation is 1. The van der Waals surface area contributed by atoms with Gasteiger partial charge in [0, 0.05) is 35.4 Å². The van der Waals surface area contributed by atoms with Gasteiger partial charge in [0.2, 0.25) is 5.91 Å². The Morgan fingerprint density at radius 2 is 1.96 bits per heavy atom. The van der Waals surface area contributed by atoms with Gasteiger partial charge in [-0.05, 0) is 36.4 Å². The molecule has 0 aliphatic rings. The van der Waals surface area contributed by atoms with Gasteiger partial charge in [-0.1, -0.05) is 23.2 Å². The third kappa shape index (κ3) is 4.84. The number of benzene rings is 1. The van der Waals surface area contributed by atoms with E-state index in [2.05, 4.69) is 4.98 Å². The molecule has 0 saturated heterocycles. The summed E-state index contributed by atoms with van der Waals surface area (Å²) < 4.78 is 6.45. The van der Waals surface area contributed by atoms with Crippen LogP contribution in [0.5, 0.6) is 0 Å². The number of aromatic nitrogens is 1. The number of hydrogen-bond acceptors (Lipinski definition) is 4. The molecular formula is C18H16Cl2N2O2S. The van der Waals surface area contributed by atoms with E-state index >= 15 is 0 Å². The summed E-state index contributed by atoms with van der Waals surface area (Å²) in [6, 6.07) is 11.1. The molecule has 0 aliphatic carbocycles. The summed E-state index contributed by atoms with van der Waals surface area (Å²) >= 11 is 13.3. The summed E-state index contributed by atoms with van der Waals surface area (Å²) in [5.74, 6) is 1.25. The minimum Gasteiger partial charge on any atom is -0.441 e. The van der Waals surface area contributed by atoms with Crippen molar-refractivity contribution in [1.82, 2.24) is 9.88 Å². The largest absolute Gasteiger partial charge is 0.441 e. The van der Waals surface area contributed by atoms with Crippen molar-refractivity contribution in [3.8, 4) is 11.3 Å². The molecule has 1 amide bonds. The van der Waals surface area contributed by atoms with Gasteiger partial charge in [-0.2, -0.15) is 0 Å². The highest BCUT2D eigenvalue weighted by molar-refractivity contribution is 7.16. The van der Waals surface area contributed by atoms with Crippen LogP contribution in [0.4, 0.5) is 0 Å². The van der Waals surface area contributed by atoms with Crippen molar-refractivity contribution in [2.45, 2.75) is 19.4 Å². The van der Waals surface area contributed by atoms with Crippen molar-refractivity contribution >= 4 is 40.4 Å². The first kappa shape index (κ1) is 18.0. The zero-order chi connectivity index (χ0) is 17.8. The van der Waals surface area contributed by atoms with Gasteiger partial charge in [0.05, 0.1) is 17.1 Å². The average Bonchev–Trinajstić information content (AvgIpc) is 3.22. The molecule has 0 bridgehead atoms. The second-order valence-electron chi connectivity index (χ2n) is 5.58. The number of thiophene rings is 1. The molecule has 130 valence electrons. The van der Waals surface area contributed by atoms with Gasteiger partial charge in [0.25, 0.3) is 0 Å². The molecular weight excluding hydrogens is 379 g/mol. The Kier molecular flexibility index (Phi) is 5.78. The van der Waals surface area contributed by atoms with Gasteiger partial charge in [0.15, 0.2) is 11.7 Å². The smallest absolute Gasteiger partial charge is 0.223 e. The summed E-state index contributed by atoms with van der Waals surface area (Å²) in [6.07, 6.45) is 2.47. The van der Waals surface area contributed by atoms with E-state index in [4.69, 9.17) is 27.6 Å². The Morgan fingerprint density at radius 3 is 2.64 bits per heavy atom. The van der Waals surface area contributed by atoms with E-state index in [1.165, 1.54) is 11.3 Å². The molecule has 0 aliphatic heterocycles. The van der Waals surface area contributed by atoms with Crippen LogP contribution < -0.4 is 0 Å². The number of hydrogen-bond donors (Lipinski definition) is 0. The Bertz CT molecular complexity index is 858. The van der Waals surface area contributed by atoms with Gasteiger partial charge in [-0.3, -0.25) is 4.79 Å². The SMILES string of the molecule is CN(Cc1ccc(Cl)s1)C(=O)CCc1ncc(-c2ccc(Cl)cc2)o1. The van der Waals surface area contributed by atoms with Gasteiger partial charge >= 0.3 is 0 Å². The molecule has 0 atom stereocenters. The summed E-state index contributed by atoms with van der Waals surface area (Å²) in [5, 5.41) is 0.671. The third-order valence-electron chi connectivity index (χ3n) is 3.68. The lowest BCUT2D eigenvalue weighted by Crippen LogP contribution is -2.26. The van der Waals surface area contributed by atoms with Gasteiger partial charge in [0.1, 0.15) is 0 Å². The quantitative estimate of drug-likeness (QED) is 0.569. The molecule has 1 aromatic carbocycles. The van der Waals surface area contributed by atoms with Crippen LogP contribution >= 0.6 is 34.5 Å². The van der Waals surface area contributed by atoms with E-state index in [0.717, 1.165) is 14.8 Å². The third-order valence-corrected chi connectivity index (χ3v) is 5.15. The second-order valence-corrected chi connectivity index (χ2v) is 7.82. The lowest BCUT2D eigenvalue weighted by molar-refractivity contribution is -0.130. The number of amides is 1. The molecule has 2 heterocycles. The first-order valence-corrected chi connectivity index (χ1v) is 9.27. The Hall–Kier alpha value is -1.82. The second kappa shape index (κ2) is 8.04. The van der Waals surface area contributed by atoms with Gasteiger partial charge in [-0.15, -0.1) is 11.3 Å². The molecule has 0 radical (unpaired) electrons. The Labute approximate surface area is 160 Å². The number of carbonyl (C=O) groups excluding carboxylic acids is 1. The van der Waals surface area contributed by atoms with E-state index in [9.17, 15) is 4.79 Å². The maximum Gasteiger partial charge on any atom is 0.223 e. The van der Waals surface area contributed by atoms with Crippen molar-refractivity contribution in [3.63, 3.8) is 0 Å². The van der Waals surface area contributed by atoms with Crippen molar-refractivity contribution in [2.24, 2.45) is 0 Å². The molecule has 0 saturated carbocycles. The molecule has 0 fully saturated rings. The van der Waals surface area contributed by atoms with Crippen LogP contribution in [0.1, 0.15) is 17.2 Å². The average molecular weight is 395 g/mol. The molecule has 7 heteroatoms. The van der Waals surface area contributed by atoms with E-state index in [0.29, 0.717) is 36.1 Å². The van der Waals surface area contributed by atoms with Crippen LogP contribution in [0, 0.1) is 0 Å². The zero-order valence-electron chi connectivity index (χ0n) is 13.5. The lowest BCUT2D eigenvalue weighted by Gasteiger charge is -2.15. The molecule has 2 aromatic heterocycles. The maximum atomic E-state index is 12.3. The van der Waals surface area contributed by atoms with Crippen LogP contribution in [0.15, 0.2) is 47.0 Å². The number of rotatable bonds is 6. The standard InChI is InChI=1S/C18H16Cl2N2O2S/c1-22(11-14-6-7-16(20)25-14)18(23)9-8-17-21-10-15(24-17)12-2-4-13(19)5-3-12/h2-7,10H,8-9,11H2,1H3. The van der Waals surface area contributed by atoms with E-state index < -0.39 is 0 Å². The van der Waals surface area contributed by atoms with Crippen LogP contribution in [0.2, 0.25) is 9.36 Å². The molecule has 3 aromatic rings. The van der Waals surface area contributed by atoms with E-state index in [-0.39, 0.29) is 5.91 Å². The highest BCUT2D eigenvalue weighted by Gasteiger charge is 2.13. The van der Waals surface area contributed by atoms with Crippen LogP contribution in [-0.2, 0) is 17.8 Å². The number of oxazole rings is 1. The normalized spacial score (nSPS) is 10.8. The fourth-order valence-electron chi connectivity index (χ4n) is 2.34. The van der Waals surface area contributed by atoms with Crippen LogP contribution in [0.25, 0.3) is 11.3 Å². The molecule has 0 unspecified atom stereocenters. The number of nitrogens with zero attached hydrogens (tertiary/aromatic N) is 2. The topological polar surface area (TPSA) is 46.3 Å². The minimum atomic E-state index is 0.0377. The summed E-state index contributed by atoms with van der Waals surface area (Å²) in [7, 11) is 1.78. The summed E-state index contributed by atoms with van der Waals surface area (Å²) in [4.78, 5) is 19.2. The Balaban J connectivity index is 1.54. The fraction of sp³-hybridized carbons (Fsp3) is 0.222. The first-order chi connectivity index (χ1) is 12.0. The minimum absolute atomic E-state index is 0.0377. The maximum absolute atomic E-state index is 12.3. The summed E-state index contributed by atoms with van der Waals surface area (Å²) in [5.41, 5.74) is 0.904. The molecule has 25 heavy (non-hydrogen) atoms. The molecule has 0 spiro atoms. The monoisotopic (exact) mass is 394 g/mol. The van der Waals surface area contributed by atoms with Gasteiger partial charge in [-0.25, -0.2) is 4.98 Å². The summed E-state index contributed by atoms with van der Waals surface area (Å²) in [6.45, 7) is 0.553. The van der Waals surface area contributed by atoms with Gasteiger partial charge < -0.3 is 9.32 Å². The predicted octanol–water partition coefficient (Wildman–Crippen LogP) is 5.30. The molecule has 3 rings (SSSR count). The van der Waals surface area contributed by atoms with E-state index in [1.54, 1.807) is 30.3 Å². The predicted molar refractivity (Wildman–Crippen MR) is 101 cm³/mol. The van der Waals surface area contributed by atoms with Crippen molar-refractivity contribution in [1.29, 1.82) is 0 Å². The van der Waals surface area contributed by atoms with Crippen LogP contribution in [-0.4, -0.2) is 22.8 Å². The zero-order valence-corrected chi connectivity index (χ0v) is 15.9. The molecule has 0 N–H and O–H groups in total. The fourth-order valence-corrected chi connectivity index (χ4v) is 3.60. The van der Waals surface area contributed by atoms with Crippen molar-refractivity contribution < 1.29 is 9.21 Å². The highest BCUT2D eigenvalue weighted by atomic mass is 35.5. The lowest BCUT2D eigenvalue weighted by atomic mass is 10.2. The van der Waals surface area contributed by atoms with E-state index in [1.807, 2.05) is 24.3 Å². The van der Waals surface area contributed by atoms with Crippen molar-refractivity contribution in [3.05, 3.63) is 62.7 Å². The highest BCUT2D eigenvalue weighted by Crippen LogP contribution is 2.24. The Morgan fingerprint density at radius 1 is 1.20 bits per heavy atom. The van der Waals surface area contributed by atoms with Crippen molar-refractivity contribution in [2.75, 3.05) is 7.05 Å². The number of halogens is 2.